The second-order valence-electron chi connectivity index (χ2n) is 9.21. The molecule has 4 heterocycles. The van der Waals surface area contributed by atoms with Gasteiger partial charge in [0.15, 0.2) is 0 Å². The minimum absolute atomic E-state index is 0.0119. The summed E-state index contributed by atoms with van der Waals surface area (Å²) in [6.45, 7) is 2.38. The second kappa shape index (κ2) is 10.6. The zero-order valence-corrected chi connectivity index (χ0v) is 21.5. The van der Waals surface area contributed by atoms with Crippen molar-refractivity contribution in [2.24, 2.45) is 0 Å². The molecule has 1 fully saturated rings. The topological polar surface area (TPSA) is 142 Å². The summed E-state index contributed by atoms with van der Waals surface area (Å²) in [6.07, 6.45) is -1.57. The Morgan fingerprint density at radius 1 is 1.15 bits per heavy atom. The molecular formula is C28H21F3N8O2. The summed E-state index contributed by atoms with van der Waals surface area (Å²) < 4.78 is 44.2. The van der Waals surface area contributed by atoms with Crippen LogP contribution in [0.4, 0.5) is 24.9 Å². The van der Waals surface area contributed by atoms with Crippen LogP contribution in [0.2, 0.25) is 0 Å². The molecule has 10 nitrogen and oxygen atoms in total. The van der Waals surface area contributed by atoms with Crippen LogP contribution in [0.25, 0.3) is 16.9 Å². The molecule has 1 atom stereocenters. The molecule has 1 aliphatic rings. The smallest absolute Gasteiger partial charge is 0.369 e. The molecule has 3 aromatic heterocycles. The Balaban J connectivity index is 1.56. The first-order valence-electron chi connectivity index (χ1n) is 12.3. The Kier molecular flexibility index (Phi) is 7.03. The number of hydrogen-bond acceptors (Lipinski definition) is 7. The molecule has 41 heavy (non-hydrogen) atoms. The number of nitrogens with zero attached hydrogens (tertiary/aromatic N) is 6. The number of rotatable bonds is 4. The van der Waals surface area contributed by atoms with Crippen LogP contribution in [0.1, 0.15) is 46.4 Å². The number of carbonyl (C=O) groups excluding carboxylic acids is 2. The van der Waals surface area contributed by atoms with Gasteiger partial charge in [-0.05, 0) is 49.6 Å². The number of alkyl halides is 3. The fraction of sp³-hybridized carbons (Fsp3) is 0.214. The number of fused-ring (bicyclic) bond motifs is 1. The molecule has 0 bridgehead atoms. The fourth-order valence-electron chi connectivity index (χ4n) is 4.80. The molecule has 5 rings (SSSR count). The third kappa shape index (κ3) is 5.25. The lowest BCUT2D eigenvalue weighted by Crippen LogP contribution is -2.26. The van der Waals surface area contributed by atoms with Crippen molar-refractivity contribution in [1.82, 2.24) is 24.3 Å². The summed E-state index contributed by atoms with van der Waals surface area (Å²) in [5.41, 5.74) is 5.66. The van der Waals surface area contributed by atoms with Gasteiger partial charge < -0.3 is 16.0 Å². The van der Waals surface area contributed by atoms with E-state index in [1.807, 2.05) is 6.07 Å². The molecule has 0 radical (unpaired) electrons. The van der Waals surface area contributed by atoms with Crippen LogP contribution < -0.4 is 11.1 Å². The molecule has 1 saturated heterocycles. The zero-order chi connectivity index (χ0) is 29.3. The Bertz CT molecular complexity index is 1800. The quantitative estimate of drug-likeness (QED) is 0.362. The number of pyridine rings is 1. The minimum atomic E-state index is -4.89. The van der Waals surface area contributed by atoms with Gasteiger partial charge in [-0.25, -0.2) is 15.0 Å². The molecular weight excluding hydrogens is 537 g/mol. The minimum Gasteiger partial charge on any atom is -0.369 e. The average molecular weight is 559 g/mol. The van der Waals surface area contributed by atoms with E-state index in [2.05, 4.69) is 32.1 Å². The van der Waals surface area contributed by atoms with Crippen molar-refractivity contribution in [3.05, 3.63) is 71.2 Å². The number of amides is 2. The zero-order valence-electron chi connectivity index (χ0n) is 21.5. The summed E-state index contributed by atoms with van der Waals surface area (Å²) in [6, 6.07) is 9.41. The number of halogens is 3. The van der Waals surface area contributed by atoms with Crippen LogP contribution in [-0.4, -0.2) is 49.2 Å². The number of nitrogens with two attached hydrogens (primary N) is 1. The average Bonchev–Trinajstić information content (AvgIpc) is 3.59. The van der Waals surface area contributed by atoms with E-state index in [-0.39, 0.29) is 40.5 Å². The van der Waals surface area contributed by atoms with Crippen LogP contribution in [0.3, 0.4) is 0 Å². The first-order valence-corrected chi connectivity index (χ1v) is 12.3. The van der Waals surface area contributed by atoms with Gasteiger partial charge in [-0.3, -0.25) is 14.0 Å². The van der Waals surface area contributed by atoms with Gasteiger partial charge in [0, 0.05) is 37.0 Å². The van der Waals surface area contributed by atoms with E-state index in [4.69, 9.17) is 11.0 Å². The highest BCUT2D eigenvalue weighted by molar-refractivity contribution is 6.05. The molecule has 1 aliphatic heterocycles. The number of nitrogens with one attached hydrogen (secondary N) is 1. The number of aromatic nitrogens is 4. The van der Waals surface area contributed by atoms with Gasteiger partial charge in [-0.1, -0.05) is 12.0 Å². The van der Waals surface area contributed by atoms with Gasteiger partial charge in [0.2, 0.25) is 5.95 Å². The second-order valence-corrected chi connectivity index (χ2v) is 9.21. The van der Waals surface area contributed by atoms with Crippen LogP contribution >= 0.6 is 0 Å². The van der Waals surface area contributed by atoms with E-state index in [1.165, 1.54) is 35.0 Å². The van der Waals surface area contributed by atoms with Crippen LogP contribution in [-0.2, 0) is 11.0 Å². The number of carbonyl (C=O) groups is 2. The van der Waals surface area contributed by atoms with Gasteiger partial charge in [0.1, 0.15) is 11.6 Å². The van der Waals surface area contributed by atoms with Crippen molar-refractivity contribution < 1.29 is 22.8 Å². The number of hydrogen-bond donors (Lipinski definition) is 2. The van der Waals surface area contributed by atoms with Gasteiger partial charge in [0.05, 0.1) is 34.0 Å². The summed E-state index contributed by atoms with van der Waals surface area (Å²) in [4.78, 5) is 39.4. The number of anilines is 2. The number of benzene rings is 1. The van der Waals surface area contributed by atoms with Crippen LogP contribution in [0.15, 0.2) is 48.8 Å². The summed E-state index contributed by atoms with van der Waals surface area (Å²) in [5.74, 6) is 3.60. The monoisotopic (exact) mass is 558 g/mol. The summed E-state index contributed by atoms with van der Waals surface area (Å²) in [5, 5.41) is 11.4. The van der Waals surface area contributed by atoms with Crippen LogP contribution in [0.5, 0.6) is 0 Å². The molecule has 2 amide bonds. The first-order chi connectivity index (χ1) is 19.6. The molecule has 206 valence electrons. The van der Waals surface area contributed by atoms with E-state index in [0.717, 1.165) is 12.1 Å². The Morgan fingerprint density at radius 3 is 2.66 bits per heavy atom. The van der Waals surface area contributed by atoms with E-state index in [9.17, 15) is 22.8 Å². The Hall–Kier alpha value is -5.43. The van der Waals surface area contributed by atoms with Crippen molar-refractivity contribution in [3.8, 4) is 29.3 Å². The van der Waals surface area contributed by atoms with Crippen LogP contribution in [0, 0.1) is 23.2 Å². The fourth-order valence-corrected chi connectivity index (χ4v) is 4.80. The number of nitriles is 1. The number of imidazole rings is 1. The highest BCUT2D eigenvalue weighted by atomic mass is 19.4. The molecule has 1 unspecified atom stereocenters. The highest BCUT2D eigenvalue weighted by Gasteiger charge is 2.37. The SMILES string of the molecule is CC#CC(=O)N1CCC(c2nc(-c3ccc(C(=O)Nc4cc(C#N)ccn4)c(C(F)(F)F)c3)n3c(N)nccc23)C1. The lowest BCUT2D eigenvalue weighted by atomic mass is 10.0. The summed E-state index contributed by atoms with van der Waals surface area (Å²) >= 11 is 0. The highest BCUT2D eigenvalue weighted by Crippen LogP contribution is 2.38. The van der Waals surface area contributed by atoms with Crippen molar-refractivity contribution in [2.45, 2.75) is 25.4 Å². The van der Waals surface area contributed by atoms with Gasteiger partial charge >= 0.3 is 6.18 Å². The molecule has 1 aromatic carbocycles. The Morgan fingerprint density at radius 2 is 1.93 bits per heavy atom. The lowest BCUT2D eigenvalue weighted by molar-refractivity contribution is -0.137. The molecule has 4 aromatic rings. The lowest BCUT2D eigenvalue weighted by Gasteiger charge is -2.14. The van der Waals surface area contributed by atoms with Crippen molar-refractivity contribution in [1.29, 1.82) is 5.26 Å². The summed E-state index contributed by atoms with van der Waals surface area (Å²) in [7, 11) is 0. The third-order valence-electron chi connectivity index (χ3n) is 6.66. The molecule has 3 N–H and O–H groups in total. The number of likely N-dealkylation sites (tertiary alicyclic amines) is 1. The maximum absolute atomic E-state index is 14.2. The van der Waals surface area contributed by atoms with E-state index in [0.29, 0.717) is 30.7 Å². The van der Waals surface area contributed by atoms with Gasteiger partial charge in [-0.2, -0.15) is 18.4 Å². The molecule has 0 spiro atoms. The standard InChI is InChI=1S/C28H21F3N8O2/c1-2-3-23(40)38-11-8-18(15-38)24-21-7-10-35-27(33)39(21)25(37-24)17-4-5-19(20(13-17)28(29,30)31)26(41)36-22-12-16(14-32)6-9-34-22/h4-7,9-10,12-13,18H,8,11,15H2,1H3,(H2,33,35)(H,34,36,41). The van der Waals surface area contributed by atoms with E-state index >= 15 is 0 Å². The number of nitrogen functional groups attached to an aromatic ring is 1. The van der Waals surface area contributed by atoms with Crippen molar-refractivity contribution >= 4 is 29.1 Å². The van der Waals surface area contributed by atoms with Gasteiger partial charge in [0.25, 0.3) is 11.8 Å². The largest absolute Gasteiger partial charge is 0.417 e. The predicted molar refractivity (Wildman–Crippen MR) is 142 cm³/mol. The normalized spacial score (nSPS) is 14.8. The molecule has 13 heteroatoms. The maximum Gasteiger partial charge on any atom is 0.417 e. The van der Waals surface area contributed by atoms with Crippen molar-refractivity contribution in [2.75, 3.05) is 24.1 Å². The molecule has 0 aliphatic carbocycles. The predicted octanol–water partition coefficient (Wildman–Crippen LogP) is 3.86. The first kappa shape index (κ1) is 27.1. The van der Waals surface area contributed by atoms with Gasteiger partial charge in [-0.15, -0.1) is 0 Å². The third-order valence-corrected chi connectivity index (χ3v) is 6.66. The maximum atomic E-state index is 14.2. The molecule has 0 saturated carbocycles. The van der Waals surface area contributed by atoms with Crippen molar-refractivity contribution in [3.63, 3.8) is 0 Å². The van der Waals surface area contributed by atoms with E-state index in [1.54, 1.807) is 17.9 Å². The van der Waals surface area contributed by atoms with E-state index < -0.39 is 23.2 Å². The Labute approximate surface area is 231 Å².